The number of para-hydroxylation sites is 1. The summed E-state index contributed by atoms with van der Waals surface area (Å²) in [6.45, 7) is 0. The first-order valence-electron chi connectivity index (χ1n) is 8.31. The lowest BCUT2D eigenvalue weighted by Gasteiger charge is -2.02. The van der Waals surface area contributed by atoms with Crippen molar-refractivity contribution in [3.8, 4) is 0 Å². The van der Waals surface area contributed by atoms with Crippen molar-refractivity contribution in [2.75, 3.05) is 0 Å². The number of fused-ring (bicyclic) bond motifs is 5. The number of pyridine rings is 2. The Morgan fingerprint density at radius 2 is 1.73 bits per heavy atom. The first-order valence-corrected chi connectivity index (χ1v) is 8.31. The second-order valence-corrected chi connectivity index (χ2v) is 6.12. The zero-order valence-corrected chi connectivity index (χ0v) is 13.7. The van der Waals surface area contributed by atoms with Crippen molar-refractivity contribution < 1.29 is 0 Å². The van der Waals surface area contributed by atoms with Crippen LogP contribution in [-0.4, -0.2) is 21.2 Å². The highest BCUT2D eigenvalue weighted by Gasteiger charge is 2.11. The summed E-state index contributed by atoms with van der Waals surface area (Å²) in [5.41, 5.74) is 4.07. The van der Waals surface area contributed by atoms with Crippen LogP contribution in [0.5, 0.6) is 0 Å². The van der Waals surface area contributed by atoms with E-state index in [-0.39, 0.29) is 5.56 Å². The van der Waals surface area contributed by atoms with E-state index in [2.05, 4.69) is 19.9 Å². The van der Waals surface area contributed by atoms with Crippen LogP contribution >= 0.6 is 0 Å². The van der Waals surface area contributed by atoms with Crippen molar-refractivity contribution in [1.82, 2.24) is 15.0 Å². The first-order chi connectivity index (χ1) is 12.8. The number of benzene rings is 2. The SMILES string of the molecule is O=c1[nH]c2ccc(N=Cc3ccccn3)cc2c2[nH]c3ccccc3c12. The van der Waals surface area contributed by atoms with Crippen LogP contribution in [-0.2, 0) is 0 Å². The van der Waals surface area contributed by atoms with Gasteiger partial charge in [0.15, 0.2) is 0 Å². The zero-order chi connectivity index (χ0) is 17.5. The van der Waals surface area contributed by atoms with Crippen LogP contribution < -0.4 is 5.56 Å². The molecule has 124 valence electrons. The van der Waals surface area contributed by atoms with Crippen LogP contribution in [0.15, 0.2) is 76.6 Å². The molecule has 3 aromatic heterocycles. The van der Waals surface area contributed by atoms with Crippen molar-refractivity contribution in [3.05, 3.63) is 82.9 Å². The van der Waals surface area contributed by atoms with E-state index in [1.165, 1.54) is 0 Å². The zero-order valence-electron chi connectivity index (χ0n) is 13.7. The number of aromatic amines is 2. The predicted octanol–water partition coefficient (Wildman–Crippen LogP) is 4.31. The van der Waals surface area contributed by atoms with E-state index in [0.717, 1.165) is 38.7 Å². The highest BCUT2D eigenvalue weighted by atomic mass is 16.1. The Bertz CT molecular complexity index is 1350. The fraction of sp³-hybridized carbons (Fsp3) is 0. The summed E-state index contributed by atoms with van der Waals surface area (Å²) in [5.74, 6) is 0. The standard InChI is InChI=1S/C21H14N4O/c26-21-19-15-6-1-2-7-17(15)24-20(19)16-11-13(8-9-18(16)25-21)23-12-14-5-3-4-10-22-14/h1-12,24H,(H,25,26). The van der Waals surface area contributed by atoms with Gasteiger partial charge in [0.1, 0.15) is 0 Å². The number of nitrogens with one attached hydrogen (secondary N) is 2. The van der Waals surface area contributed by atoms with Crippen molar-refractivity contribution in [2.45, 2.75) is 0 Å². The molecule has 0 aliphatic heterocycles. The summed E-state index contributed by atoms with van der Waals surface area (Å²) >= 11 is 0. The van der Waals surface area contributed by atoms with Crippen molar-refractivity contribution >= 4 is 44.6 Å². The Morgan fingerprint density at radius 1 is 0.885 bits per heavy atom. The van der Waals surface area contributed by atoms with Crippen LogP contribution in [0.4, 0.5) is 5.69 Å². The van der Waals surface area contributed by atoms with Gasteiger partial charge in [-0.05, 0) is 36.4 Å². The molecular weight excluding hydrogens is 324 g/mol. The molecule has 5 rings (SSSR count). The maximum atomic E-state index is 12.6. The van der Waals surface area contributed by atoms with Crippen molar-refractivity contribution in [1.29, 1.82) is 0 Å². The third-order valence-corrected chi connectivity index (χ3v) is 4.49. The Morgan fingerprint density at radius 3 is 2.62 bits per heavy atom. The molecule has 5 nitrogen and oxygen atoms in total. The minimum atomic E-state index is -0.0883. The number of aliphatic imine (C=N–C) groups is 1. The topological polar surface area (TPSA) is 73.9 Å². The molecule has 0 amide bonds. The third-order valence-electron chi connectivity index (χ3n) is 4.49. The smallest absolute Gasteiger partial charge is 0.258 e. The van der Waals surface area contributed by atoms with Gasteiger partial charge in [-0.25, -0.2) is 0 Å². The average molecular weight is 338 g/mol. The van der Waals surface area contributed by atoms with Crippen molar-refractivity contribution in [2.24, 2.45) is 4.99 Å². The molecule has 5 heteroatoms. The fourth-order valence-electron chi connectivity index (χ4n) is 3.29. The second-order valence-electron chi connectivity index (χ2n) is 6.12. The van der Waals surface area contributed by atoms with Gasteiger partial charge in [0.2, 0.25) is 0 Å². The Hall–Kier alpha value is -3.73. The lowest BCUT2D eigenvalue weighted by Crippen LogP contribution is -2.05. The number of rotatable bonds is 2. The maximum Gasteiger partial charge on any atom is 0.258 e. The number of hydrogen-bond acceptors (Lipinski definition) is 3. The largest absolute Gasteiger partial charge is 0.354 e. The predicted molar refractivity (Wildman–Crippen MR) is 105 cm³/mol. The summed E-state index contributed by atoms with van der Waals surface area (Å²) in [6.07, 6.45) is 3.47. The lowest BCUT2D eigenvalue weighted by atomic mass is 10.1. The summed E-state index contributed by atoms with van der Waals surface area (Å²) in [4.78, 5) is 27.7. The summed E-state index contributed by atoms with van der Waals surface area (Å²) < 4.78 is 0. The highest BCUT2D eigenvalue weighted by molar-refractivity contribution is 6.15. The monoisotopic (exact) mass is 338 g/mol. The average Bonchev–Trinajstić information content (AvgIpc) is 3.08. The molecular formula is C21H14N4O. The number of nitrogens with zero attached hydrogens (tertiary/aromatic N) is 2. The molecule has 3 heterocycles. The number of H-pyrrole nitrogens is 2. The van der Waals surface area contributed by atoms with Gasteiger partial charge in [-0.15, -0.1) is 0 Å². The minimum Gasteiger partial charge on any atom is -0.354 e. The van der Waals surface area contributed by atoms with Gasteiger partial charge >= 0.3 is 0 Å². The Labute approximate surface area is 148 Å². The van der Waals surface area contributed by atoms with Crippen LogP contribution in [0.2, 0.25) is 0 Å². The molecule has 0 radical (unpaired) electrons. The molecule has 0 atom stereocenters. The summed E-state index contributed by atoms with van der Waals surface area (Å²) in [5, 5.41) is 2.54. The van der Waals surface area contributed by atoms with Crippen LogP contribution in [0.1, 0.15) is 5.69 Å². The summed E-state index contributed by atoms with van der Waals surface area (Å²) in [6, 6.07) is 19.3. The normalized spacial score (nSPS) is 11.8. The fourth-order valence-corrected chi connectivity index (χ4v) is 3.29. The molecule has 0 bridgehead atoms. The van der Waals surface area contributed by atoms with E-state index in [9.17, 15) is 4.79 Å². The van der Waals surface area contributed by atoms with Gasteiger partial charge in [-0.3, -0.25) is 14.8 Å². The van der Waals surface area contributed by atoms with Crippen LogP contribution in [0, 0.1) is 0 Å². The van der Waals surface area contributed by atoms with Gasteiger partial charge in [-0.2, -0.15) is 0 Å². The maximum absolute atomic E-state index is 12.6. The molecule has 0 saturated heterocycles. The molecule has 0 fully saturated rings. The quantitative estimate of drug-likeness (QED) is 0.471. The van der Waals surface area contributed by atoms with Gasteiger partial charge in [-0.1, -0.05) is 24.3 Å². The number of hydrogen-bond donors (Lipinski definition) is 2. The number of aromatic nitrogens is 3. The lowest BCUT2D eigenvalue weighted by molar-refractivity contribution is 1.30. The van der Waals surface area contributed by atoms with E-state index in [0.29, 0.717) is 5.39 Å². The van der Waals surface area contributed by atoms with E-state index in [1.54, 1.807) is 12.4 Å². The Balaban J connectivity index is 1.74. The van der Waals surface area contributed by atoms with Gasteiger partial charge in [0.25, 0.3) is 5.56 Å². The first kappa shape index (κ1) is 14.6. The van der Waals surface area contributed by atoms with E-state index >= 15 is 0 Å². The third kappa shape index (κ3) is 2.29. The van der Waals surface area contributed by atoms with Gasteiger partial charge < -0.3 is 9.97 Å². The molecule has 0 aliphatic rings. The molecule has 5 aromatic rings. The van der Waals surface area contributed by atoms with E-state index in [1.807, 2.05) is 60.7 Å². The molecule has 2 aromatic carbocycles. The molecule has 26 heavy (non-hydrogen) atoms. The highest BCUT2D eigenvalue weighted by Crippen LogP contribution is 2.29. The minimum absolute atomic E-state index is 0.0883. The second kappa shape index (κ2) is 5.67. The van der Waals surface area contributed by atoms with Crippen molar-refractivity contribution in [3.63, 3.8) is 0 Å². The van der Waals surface area contributed by atoms with Crippen LogP contribution in [0.3, 0.4) is 0 Å². The van der Waals surface area contributed by atoms with Gasteiger partial charge in [0.05, 0.1) is 34.0 Å². The van der Waals surface area contributed by atoms with Crippen LogP contribution in [0.25, 0.3) is 32.7 Å². The molecule has 0 aliphatic carbocycles. The molecule has 0 saturated carbocycles. The van der Waals surface area contributed by atoms with Gasteiger partial charge in [0, 0.05) is 22.5 Å². The van der Waals surface area contributed by atoms with E-state index < -0.39 is 0 Å². The molecule has 0 unspecified atom stereocenters. The van der Waals surface area contributed by atoms with E-state index in [4.69, 9.17) is 0 Å². The molecule has 0 spiro atoms. The summed E-state index contributed by atoms with van der Waals surface area (Å²) in [7, 11) is 0. The molecule has 2 N–H and O–H groups in total. The Kier molecular flexibility index (Phi) is 3.18.